The Morgan fingerprint density at radius 1 is 1.47 bits per heavy atom. The van der Waals surface area contributed by atoms with Crippen molar-refractivity contribution < 1.29 is 9.53 Å². The average Bonchev–Trinajstić information content (AvgIpc) is 2.41. The summed E-state index contributed by atoms with van der Waals surface area (Å²) in [6.07, 6.45) is 3.38. The zero-order valence-electron chi connectivity index (χ0n) is 11.0. The van der Waals surface area contributed by atoms with Crippen molar-refractivity contribution in [3.8, 4) is 0 Å². The maximum atomic E-state index is 12.0. The number of nitrogens with one attached hydrogen (secondary N) is 1. The van der Waals surface area contributed by atoms with E-state index in [2.05, 4.69) is 21.2 Å². The van der Waals surface area contributed by atoms with Crippen molar-refractivity contribution in [1.82, 2.24) is 0 Å². The minimum absolute atomic E-state index is 0.189. The third-order valence-electron chi connectivity index (χ3n) is 3.79. The van der Waals surface area contributed by atoms with Crippen LogP contribution >= 0.6 is 15.9 Å². The molecule has 1 aliphatic rings. The molecule has 3 N–H and O–H groups in total. The van der Waals surface area contributed by atoms with E-state index in [1.165, 1.54) is 0 Å². The first-order chi connectivity index (χ1) is 9.10. The van der Waals surface area contributed by atoms with Gasteiger partial charge in [0, 0.05) is 17.3 Å². The van der Waals surface area contributed by atoms with Gasteiger partial charge in [-0.05, 0) is 40.9 Å². The van der Waals surface area contributed by atoms with Gasteiger partial charge in [0.05, 0.1) is 6.10 Å². The van der Waals surface area contributed by atoms with E-state index in [0.29, 0.717) is 6.42 Å². The molecule has 19 heavy (non-hydrogen) atoms. The number of hydrogen-bond donors (Lipinski definition) is 2. The van der Waals surface area contributed by atoms with E-state index >= 15 is 0 Å². The van der Waals surface area contributed by atoms with Crippen molar-refractivity contribution >= 4 is 27.5 Å². The van der Waals surface area contributed by atoms with Gasteiger partial charge in [-0.15, -0.1) is 0 Å². The van der Waals surface area contributed by atoms with Gasteiger partial charge in [-0.3, -0.25) is 4.79 Å². The minimum Gasteiger partial charge on any atom is -0.378 e. The number of halogens is 1. The van der Waals surface area contributed by atoms with Gasteiger partial charge in [-0.2, -0.15) is 0 Å². The predicted octanol–water partition coefficient (Wildman–Crippen LogP) is 2.67. The van der Waals surface area contributed by atoms with E-state index in [0.717, 1.165) is 29.4 Å². The fourth-order valence-electron chi connectivity index (χ4n) is 2.75. The molecule has 5 heteroatoms. The number of para-hydroxylation sites is 1. The first kappa shape index (κ1) is 14.3. The van der Waals surface area contributed by atoms with Crippen molar-refractivity contribution in [3.63, 3.8) is 0 Å². The molecular weight excluding hydrogens is 308 g/mol. The topological polar surface area (TPSA) is 64.3 Å². The molecule has 0 aromatic heterocycles. The molecule has 1 aliphatic carbocycles. The van der Waals surface area contributed by atoms with Gasteiger partial charge in [0.1, 0.15) is 5.54 Å². The molecule has 1 aromatic rings. The van der Waals surface area contributed by atoms with Gasteiger partial charge in [-0.1, -0.05) is 25.0 Å². The number of nitrogens with two attached hydrogens (primary N) is 1. The summed E-state index contributed by atoms with van der Waals surface area (Å²) in [7, 11) is 1.63. The van der Waals surface area contributed by atoms with E-state index in [1.807, 2.05) is 24.3 Å². The molecule has 2 unspecified atom stereocenters. The summed E-state index contributed by atoms with van der Waals surface area (Å²) in [4.78, 5) is 12.0. The quantitative estimate of drug-likeness (QED) is 0.894. The lowest BCUT2D eigenvalue weighted by atomic mass is 9.78. The second-order valence-electron chi connectivity index (χ2n) is 4.91. The summed E-state index contributed by atoms with van der Waals surface area (Å²) in [5, 5.41) is 3.32. The summed E-state index contributed by atoms with van der Waals surface area (Å²) in [5.41, 5.74) is 5.71. The van der Waals surface area contributed by atoms with Crippen LogP contribution in [0.25, 0.3) is 0 Å². The van der Waals surface area contributed by atoms with Gasteiger partial charge in [0.15, 0.2) is 0 Å². The second-order valence-corrected chi connectivity index (χ2v) is 5.76. The summed E-state index contributed by atoms with van der Waals surface area (Å²) >= 11 is 3.48. The number of primary amides is 1. The summed E-state index contributed by atoms with van der Waals surface area (Å²) in [5.74, 6) is -0.352. The Morgan fingerprint density at radius 2 is 2.21 bits per heavy atom. The van der Waals surface area contributed by atoms with Crippen LogP contribution in [0.5, 0.6) is 0 Å². The van der Waals surface area contributed by atoms with E-state index in [9.17, 15) is 4.79 Å². The zero-order valence-corrected chi connectivity index (χ0v) is 12.6. The van der Waals surface area contributed by atoms with Gasteiger partial charge in [0.25, 0.3) is 0 Å². The molecule has 1 saturated carbocycles. The number of carbonyl (C=O) groups excluding carboxylic acids is 1. The summed E-state index contributed by atoms with van der Waals surface area (Å²) < 4.78 is 6.41. The lowest BCUT2D eigenvalue weighted by molar-refractivity contribution is -0.129. The van der Waals surface area contributed by atoms with Crippen LogP contribution in [-0.4, -0.2) is 24.7 Å². The third kappa shape index (κ3) is 2.77. The number of ether oxygens (including phenoxy) is 1. The third-order valence-corrected chi connectivity index (χ3v) is 4.48. The standard InChI is InChI=1S/C14H19BrN2O2/c1-19-12-8-4-5-9-14(12,13(16)18)17-11-7-3-2-6-10(11)15/h2-3,6-7,12,17H,4-5,8-9H2,1H3,(H2,16,18). The second kappa shape index (κ2) is 5.92. The molecule has 2 rings (SSSR count). The molecule has 0 heterocycles. The predicted molar refractivity (Wildman–Crippen MR) is 79.0 cm³/mol. The summed E-state index contributed by atoms with van der Waals surface area (Å²) in [6, 6.07) is 7.71. The highest BCUT2D eigenvalue weighted by molar-refractivity contribution is 9.10. The van der Waals surface area contributed by atoms with Crippen molar-refractivity contribution in [1.29, 1.82) is 0 Å². The molecule has 0 aliphatic heterocycles. The average molecular weight is 327 g/mol. The normalized spacial score (nSPS) is 26.9. The van der Waals surface area contributed by atoms with Crippen LogP contribution < -0.4 is 11.1 Å². The van der Waals surface area contributed by atoms with Gasteiger partial charge < -0.3 is 15.8 Å². The molecule has 0 radical (unpaired) electrons. The van der Waals surface area contributed by atoms with Gasteiger partial charge in [-0.25, -0.2) is 0 Å². The van der Waals surface area contributed by atoms with Gasteiger partial charge >= 0.3 is 0 Å². The number of benzene rings is 1. The number of carbonyl (C=O) groups is 1. The summed E-state index contributed by atoms with van der Waals surface area (Å²) in [6.45, 7) is 0. The fraction of sp³-hybridized carbons (Fsp3) is 0.500. The molecular formula is C14H19BrN2O2. The zero-order chi connectivity index (χ0) is 13.9. The van der Waals surface area contributed by atoms with Gasteiger partial charge in [0.2, 0.25) is 5.91 Å². The molecule has 1 aromatic carbocycles. The van der Waals surface area contributed by atoms with E-state index in [1.54, 1.807) is 7.11 Å². The van der Waals surface area contributed by atoms with Crippen LogP contribution in [0.1, 0.15) is 25.7 Å². The minimum atomic E-state index is -0.823. The van der Waals surface area contributed by atoms with Crippen molar-refractivity contribution in [2.24, 2.45) is 5.73 Å². The molecule has 0 spiro atoms. The molecule has 1 fully saturated rings. The highest BCUT2D eigenvalue weighted by Crippen LogP contribution is 2.35. The molecule has 4 nitrogen and oxygen atoms in total. The number of anilines is 1. The highest BCUT2D eigenvalue weighted by atomic mass is 79.9. The van der Waals surface area contributed by atoms with Crippen molar-refractivity contribution in [3.05, 3.63) is 28.7 Å². The Hall–Kier alpha value is -1.07. The van der Waals surface area contributed by atoms with E-state index in [4.69, 9.17) is 10.5 Å². The van der Waals surface area contributed by atoms with Crippen LogP contribution in [0.15, 0.2) is 28.7 Å². The Balaban J connectivity index is 2.34. The Bertz CT molecular complexity index is 467. The maximum Gasteiger partial charge on any atom is 0.245 e. The number of hydrogen-bond acceptors (Lipinski definition) is 3. The SMILES string of the molecule is COC1CCCCC1(Nc1ccccc1Br)C(N)=O. The first-order valence-electron chi connectivity index (χ1n) is 6.45. The fourth-order valence-corrected chi connectivity index (χ4v) is 3.13. The molecule has 0 saturated heterocycles. The number of methoxy groups -OCH3 is 1. The molecule has 1 amide bonds. The Morgan fingerprint density at radius 3 is 2.84 bits per heavy atom. The molecule has 104 valence electrons. The largest absolute Gasteiger partial charge is 0.378 e. The van der Waals surface area contributed by atoms with Crippen LogP contribution in [0.4, 0.5) is 5.69 Å². The lowest BCUT2D eigenvalue weighted by Crippen LogP contribution is -2.60. The highest BCUT2D eigenvalue weighted by Gasteiger charge is 2.46. The van der Waals surface area contributed by atoms with Crippen LogP contribution in [0.3, 0.4) is 0 Å². The number of amides is 1. The maximum absolute atomic E-state index is 12.0. The van der Waals surface area contributed by atoms with E-state index in [-0.39, 0.29) is 12.0 Å². The lowest BCUT2D eigenvalue weighted by Gasteiger charge is -2.42. The first-order valence-corrected chi connectivity index (χ1v) is 7.25. The molecule has 0 bridgehead atoms. The smallest absolute Gasteiger partial charge is 0.245 e. The van der Waals surface area contributed by atoms with Crippen molar-refractivity contribution in [2.45, 2.75) is 37.3 Å². The Kier molecular flexibility index (Phi) is 4.47. The van der Waals surface area contributed by atoms with Crippen LogP contribution in [0.2, 0.25) is 0 Å². The van der Waals surface area contributed by atoms with E-state index < -0.39 is 5.54 Å². The monoisotopic (exact) mass is 326 g/mol. The molecule has 2 atom stereocenters. The van der Waals surface area contributed by atoms with Crippen LogP contribution in [0, 0.1) is 0 Å². The van der Waals surface area contributed by atoms with Crippen LogP contribution in [-0.2, 0) is 9.53 Å². The number of rotatable bonds is 4. The Labute approximate surface area is 121 Å². The van der Waals surface area contributed by atoms with Crippen molar-refractivity contribution in [2.75, 3.05) is 12.4 Å².